The third-order valence-corrected chi connectivity index (χ3v) is 15.2. The molecule has 9 nitrogen and oxygen atoms in total. The molecule has 0 aliphatic carbocycles. The zero-order valence-corrected chi connectivity index (χ0v) is 52.2. The van der Waals surface area contributed by atoms with Crippen molar-refractivity contribution in [3.8, 4) is 0 Å². The second kappa shape index (κ2) is 64.4. The molecule has 2 unspecified atom stereocenters. The van der Waals surface area contributed by atoms with Gasteiger partial charge in [0.2, 0.25) is 0 Å². The smallest absolute Gasteiger partial charge is 0.462 e. The van der Waals surface area contributed by atoms with Gasteiger partial charge in [-0.25, -0.2) is 4.57 Å². The van der Waals surface area contributed by atoms with Crippen LogP contribution >= 0.6 is 7.82 Å². The molecule has 0 rings (SSSR count). The summed E-state index contributed by atoms with van der Waals surface area (Å²) in [5.74, 6) is -0.818. The van der Waals surface area contributed by atoms with Crippen molar-refractivity contribution >= 4 is 19.8 Å². The number of carbonyl (C=O) groups excluding carboxylic acids is 2. The fraction of sp³-hybridized carbons (Fsp3) is 0.768. The van der Waals surface area contributed by atoms with Gasteiger partial charge in [-0.15, -0.1) is 0 Å². The topological polar surface area (TPSA) is 134 Å². The van der Waals surface area contributed by atoms with Crippen LogP contribution in [0.15, 0.2) is 85.1 Å². The molecule has 458 valence electrons. The molecule has 0 aromatic rings. The number of nitrogens with two attached hydrogens (primary N) is 1. The quantitative estimate of drug-likeness (QED) is 0.0264. The number of ether oxygens (including phenoxy) is 2. The SMILES string of the molecule is CC/C=C\C/C=C\C/C=C\C/C=C\C/C=C\C/C=C\CCCCCCCCCCCCCCCCCCC(=O)OC(COC(=O)CCCCCCCCCCCCC/C=C\CCCCCCCCCC)COP(=O)(O)OCCN. The minimum Gasteiger partial charge on any atom is -0.462 e. The van der Waals surface area contributed by atoms with E-state index >= 15 is 0 Å². The highest BCUT2D eigenvalue weighted by molar-refractivity contribution is 7.47. The monoisotopic (exact) mass is 1130 g/mol. The average Bonchev–Trinajstić information content (AvgIpc) is 3.44. The van der Waals surface area contributed by atoms with Gasteiger partial charge in [0, 0.05) is 19.4 Å². The average molecular weight is 1130 g/mol. The summed E-state index contributed by atoms with van der Waals surface area (Å²) < 4.78 is 33.1. The fourth-order valence-electron chi connectivity index (χ4n) is 9.40. The first-order chi connectivity index (χ1) is 38.8. The lowest BCUT2D eigenvalue weighted by atomic mass is 10.0. The number of esters is 2. The van der Waals surface area contributed by atoms with E-state index in [1.54, 1.807) is 0 Å². The van der Waals surface area contributed by atoms with E-state index in [1.807, 2.05) is 0 Å². The number of allylic oxidation sites excluding steroid dienone is 14. The Balaban J connectivity index is 3.89. The standard InChI is InChI=1S/C69H124NO8P/c1-3-5-7-9-11-13-15-17-19-21-23-25-27-28-29-30-31-32-33-34-35-36-37-38-40-42-44-46-48-50-52-54-56-58-60-62-69(72)78-67(66-77-79(73,74)76-64-63-70)65-75-68(71)61-59-57-55-53-51-49-47-45-43-41-39-26-24-22-20-18-16-14-12-10-8-6-4-2/h5,7,11,13,17,19,22-25,28-29,31-32,67H,3-4,6,8-10,12,14-16,18,20-21,26-27,30,33-66,70H2,1-2H3,(H,73,74)/b7-5-,13-11-,19-17-,24-22-,25-23-,29-28-,32-31-. The van der Waals surface area contributed by atoms with Crippen molar-refractivity contribution in [3.05, 3.63) is 85.1 Å². The highest BCUT2D eigenvalue weighted by atomic mass is 31.2. The Morgan fingerprint density at radius 3 is 1.05 bits per heavy atom. The van der Waals surface area contributed by atoms with Crippen LogP contribution < -0.4 is 5.73 Å². The lowest BCUT2D eigenvalue weighted by Crippen LogP contribution is -2.29. The molecule has 0 saturated carbocycles. The Kier molecular flexibility index (Phi) is 62.1. The van der Waals surface area contributed by atoms with Gasteiger partial charge >= 0.3 is 19.8 Å². The lowest BCUT2D eigenvalue weighted by Gasteiger charge is -2.19. The second-order valence-corrected chi connectivity index (χ2v) is 23.4. The van der Waals surface area contributed by atoms with Gasteiger partial charge in [0.1, 0.15) is 6.61 Å². The fourth-order valence-corrected chi connectivity index (χ4v) is 10.2. The zero-order chi connectivity index (χ0) is 57.3. The van der Waals surface area contributed by atoms with E-state index < -0.39 is 26.5 Å². The molecule has 0 spiro atoms. The third-order valence-electron chi connectivity index (χ3n) is 14.3. The van der Waals surface area contributed by atoms with Gasteiger partial charge in [0.05, 0.1) is 13.2 Å². The molecule has 0 aliphatic rings. The molecule has 79 heavy (non-hydrogen) atoms. The molecule has 0 bridgehead atoms. The summed E-state index contributed by atoms with van der Waals surface area (Å²) in [6.45, 7) is 3.67. The molecule has 0 amide bonds. The van der Waals surface area contributed by atoms with Crippen molar-refractivity contribution in [2.75, 3.05) is 26.4 Å². The lowest BCUT2D eigenvalue weighted by molar-refractivity contribution is -0.161. The Bertz CT molecular complexity index is 1570. The first-order valence-electron chi connectivity index (χ1n) is 33.1. The molecule has 3 N–H and O–H groups in total. The molecule has 10 heteroatoms. The zero-order valence-electron chi connectivity index (χ0n) is 51.3. The van der Waals surface area contributed by atoms with E-state index in [0.29, 0.717) is 6.42 Å². The summed E-state index contributed by atoms with van der Waals surface area (Å²) in [5, 5.41) is 0. The molecule has 0 fully saturated rings. The van der Waals surface area contributed by atoms with Gasteiger partial charge in [-0.1, -0.05) is 292 Å². The van der Waals surface area contributed by atoms with E-state index in [0.717, 1.165) is 77.0 Å². The maximum absolute atomic E-state index is 12.7. The molecule has 0 aromatic heterocycles. The van der Waals surface area contributed by atoms with Crippen molar-refractivity contribution in [2.24, 2.45) is 5.73 Å². The first kappa shape index (κ1) is 76.2. The second-order valence-electron chi connectivity index (χ2n) is 22.0. The van der Waals surface area contributed by atoms with Crippen LogP contribution in [0, 0.1) is 0 Å². The van der Waals surface area contributed by atoms with Gasteiger partial charge < -0.3 is 20.1 Å². The third kappa shape index (κ3) is 64.2. The van der Waals surface area contributed by atoms with Crippen LogP contribution in [-0.4, -0.2) is 49.3 Å². The minimum absolute atomic E-state index is 0.0522. The Morgan fingerprint density at radius 1 is 0.392 bits per heavy atom. The van der Waals surface area contributed by atoms with Gasteiger partial charge in [-0.05, 0) is 89.9 Å². The van der Waals surface area contributed by atoms with E-state index in [4.69, 9.17) is 24.3 Å². The number of phosphoric acid groups is 1. The van der Waals surface area contributed by atoms with Crippen molar-refractivity contribution in [2.45, 2.75) is 315 Å². The summed E-state index contributed by atoms with van der Waals surface area (Å²) in [6.07, 6.45) is 85.2. The van der Waals surface area contributed by atoms with Crippen LogP contribution in [0.2, 0.25) is 0 Å². The van der Waals surface area contributed by atoms with Crippen LogP contribution in [-0.2, 0) is 32.7 Å². The van der Waals surface area contributed by atoms with Crippen LogP contribution in [0.5, 0.6) is 0 Å². The van der Waals surface area contributed by atoms with Crippen molar-refractivity contribution in [1.29, 1.82) is 0 Å². The van der Waals surface area contributed by atoms with E-state index in [-0.39, 0.29) is 38.6 Å². The molecule has 2 atom stereocenters. The maximum atomic E-state index is 12.7. The molecule has 0 aliphatic heterocycles. The minimum atomic E-state index is -4.39. The Morgan fingerprint density at radius 2 is 0.696 bits per heavy atom. The highest BCUT2D eigenvalue weighted by Crippen LogP contribution is 2.43. The number of unbranched alkanes of at least 4 members (excludes halogenated alkanes) is 35. The first-order valence-corrected chi connectivity index (χ1v) is 34.6. The predicted octanol–water partition coefficient (Wildman–Crippen LogP) is 21.4. The molecule has 0 saturated heterocycles. The summed E-state index contributed by atoms with van der Waals surface area (Å²) in [4.78, 5) is 35.3. The number of carbonyl (C=O) groups is 2. The van der Waals surface area contributed by atoms with Crippen LogP contribution in [0.4, 0.5) is 0 Å². The van der Waals surface area contributed by atoms with E-state index in [2.05, 4.69) is 98.9 Å². The van der Waals surface area contributed by atoms with Crippen molar-refractivity contribution in [3.63, 3.8) is 0 Å². The number of hydrogen-bond acceptors (Lipinski definition) is 8. The molecule has 0 radical (unpaired) electrons. The van der Waals surface area contributed by atoms with Crippen molar-refractivity contribution < 1.29 is 37.6 Å². The highest BCUT2D eigenvalue weighted by Gasteiger charge is 2.26. The summed E-state index contributed by atoms with van der Waals surface area (Å²) >= 11 is 0. The molecule has 0 aromatic carbocycles. The number of hydrogen-bond donors (Lipinski definition) is 2. The van der Waals surface area contributed by atoms with Gasteiger partial charge in [0.15, 0.2) is 6.10 Å². The van der Waals surface area contributed by atoms with Crippen LogP contribution in [0.1, 0.15) is 309 Å². The summed E-state index contributed by atoms with van der Waals surface area (Å²) in [6, 6.07) is 0. The number of rotatable bonds is 62. The van der Waals surface area contributed by atoms with Crippen molar-refractivity contribution in [1.82, 2.24) is 0 Å². The molecular formula is C69H124NO8P. The van der Waals surface area contributed by atoms with E-state index in [9.17, 15) is 19.0 Å². The van der Waals surface area contributed by atoms with Gasteiger partial charge in [0.25, 0.3) is 0 Å². The predicted molar refractivity (Wildman–Crippen MR) is 339 cm³/mol. The van der Waals surface area contributed by atoms with Crippen LogP contribution in [0.25, 0.3) is 0 Å². The molecular weight excluding hydrogens is 1000 g/mol. The number of phosphoric ester groups is 1. The van der Waals surface area contributed by atoms with Gasteiger partial charge in [-0.3, -0.25) is 18.6 Å². The Hall–Kier alpha value is -2.81. The largest absolute Gasteiger partial charge is 0.472 e. The maximum Gasteiger partial charge on any atom is 0.472 e. The Labute approximate surface area is 487 Å². The molecule has 0 heterocycles. The van der Waals surface area contributed by atoms with Crippen LogP contribution in [0.3, 0.4) is 0 Å². The van der Waals surface area contributed by atoms with Gasteiger partial charge in [-0.2, -0.15) is 0 Å². The van der Waals surface area contributed by atoms with E-state index in [1.165, 1.54) is 199 Å². The summed E-state index contributed by atoms with van der Waals surface area (Å²) in [5.41, 5.74) is 5.40. The normalized spacial score (nSPS) is 13.5. The summed E-state index contributed by atoms with van der Waals surface area (Å²) in [7, 11) is -4.39.